The van der Waals surface area contributed by atoms with Crippen molar-refractivity contribution in [1.82, 2.24) is 15.1 Å². The van der Waals surface area contributed by atoms with E-state index in [-0.39, 0.29) is 29.8 Å². The lowest BCUT2D eigenvalue weighted by molar-refractivity contribution is -0.141. The summed E-state index contributed by atoms with van der Waals surface area (Å²) in [5.41, 5.74) is 1.49. The van der Waals surface area contributed by atoms with Gasteiger partial charge in [0, 0.05) is 42.5 Å². The molecule has 5 nitrogen and oxygen atoms in total. The van der Waals surface area contributed by atoms with Crippen molar-refractivity contribution in [2.24, 2.45) is 5.41 Å². The maximum atomic E-state index is 13.4. The quantitative estimate of drug-likeness (QED) is 0.871. The molecule has 0 radical (unpaired) electrons. The van der Waals surface area contributed by atoms with Crippen molar-refractivity contribution in [3.8, 4) is 0 Å². The molecule has 0 spiro atoms. The van der Waals surface area contributed by atoms with Gasteiger partial charge in [0.05, 0.1) is 6.54 Å². The molecule has 1 N–H and O–H groups in total. The average Bonchev–Trinajstić information content (AvgIpc) is 3.22. The maximum Gasteiger partial charge on any atom is 0.242 e. The fraction of sp³-hybridized carbons (Fsp3) is 0.652. The van der Waals surface area contributed by atoms with Crippen LogP contribution in [0.2, 0.25) is 0 Å². The van der Waals surface area contributed by atoms with Crippen molar-refractivity contribution in [3.05, 3.63) is 35.9 Å². The molecule has 4 aliphatic rings. The molecule has 1 aliphatic carbocycles. The molecule has 5 rings (SSSR count). The lowest BCUT2D eigenvalue weighted by atomic mass is 9.65. The minimum Gasteiger partial charge on any atom is -0.333 e. The highest BCUT2D eigenvalue weighted by Crippen LogP contribution is 2.53. The van der Waals surface area contributed by atoms with Gasteiger partial charge in [-0.2, -0.15) is 0 Å². The van der Waals surface area contributed by atoms with Crippen molar-refractivity contribution >= 4 is 11.8 Å². The number of hydrogen-bond donors (Lipinski definition) is 1. The minimum atomic E-state index is 0.141. The summed E-state index contributed by atoms with van der Waals surface area (Å²) < 4.78 is 0. The van der Waals surface area contributed by atoms with Crippen LogP contribution < -0.4 is 5.32 Å². The summed E-state index contributed by atoms with van der Waals surface area (Å²) >= 11 is 0. The van der Waals surface area contributed by atoms with Crippen LogP contribution in [-0.2, 0) is 16.0 Å². The van der Waals surface area contributed by atoms with E-state index in [0.717, 1.165) is 32.2 Å². The molecular formula is C23H31N3O2. The zero-order valence-electron chi connectivity index (χ0n) is 16.8. The van der Waals surface area contributed by atoms with E-state index in [4.69, 9.17) is 0 Å². The van der Waals surface area contributed by atoms with Crippen LogP contribution in [-0.4, -0.2) is 58.9 Å². The summed E-state index contributed by atoms with van der Waals surface area (Å²) in [6.45, 7) is 3.39. The first-order valence-electron chi connectivity index (χ1n) is 11.0. The number of likely N-dealkylation sites (tertiary alicyclic amines) is 2. The Morgan fingerprint density at radius 2 is 2.04 bits per heavy atom. The van der Waals surface area contributed by atoms with Crippen LogP contribution in [0.5, 0.6) is 0 Å². The Balaban J connectivity index is 1.42. The summed E-state index contributed by atoms with van der Waals surface area (Å²) in [7, 11) is 0. The van der Waals surface area contributed by atoms with Gasteiger partial charge in [0.15, 0.2) is 0 Å². The summed E-state index contributed by atoms with van der Waals surface area (Å²) in [5.74, 6) is 0.304. The average molecular weight is 382 g/mol. The second kappa shape index (κ2) is 6.87. The number of piperidine rings is 1. The van der Waals surface area contributed by atoms with Crippen LogP contribution in [0.15, 0.2) is 30.3 Å². The molecule has 5 atom stereocenters. The molecule has 4 fully saturated rings. The zero-order valence-corrected chi connectivity index (χ0v) is 16.8. The Morgan fingerprint density at radius 1 is 1.21 bits per heavy atom. The summed E-state index contributed by atoms with van der Waals surface area (Å²) in [4.78, 5) is 29.5. The van der Waals surface area contributed by atoms with Crippen molar-refractivity contribution in [2.75, 3.05) is 13.1 Å². The fourth-order valence-corrected chi connectivity index (χ4v) is 6.44. The number of benzene rings is 1. The Morgan fingerprint density at radius 3 is 2.79 bits per heavy atom. The number of rotatable bonds is 4. The van der Waals surface area contributed by atoms with Crippen molar-refractivity contribution < 1.29 is 9.59 Å². The van der Waals surface area contributed by atoms with Gasteiger partial charge in [-0.3, -0.25) is 9.59 Å². The zero-order chi connectivity index (χ0) is 19.3. The van der Waals surface area contributed by atoms with E-state index in [1.54, 1.807) is 4.90 Å². The molecule has 1 aromatic carbocycles. The predicted molar refractivity (Wildman–Crippen MR) is 108 cm³/mol. The summed E-state index contributed by atoms with van der Waals surface area (Å²) in [5, 5.41) is 3.95. The summed E-state index contributed by atoms with van der Waals surface area (Å²) in [6.07, 6.45) is 7.01. The molecule has 2 bridgehead atoms. The molecule has 0 aromatic heterocycles. The Kier molecular flexibility index (Phi) is 4.46. The van der Waals surface area contributed by atoms with Crippen molar-refractivity contribution in [2.45, 2.75) is 76.0 Å². The monoisotopic (exact) mass is 381 g/mol. The molecule has 3 heterocycles. The van der Waals surface area contributed by atoms with Gasteiger partial charge in [-0.15, -0.1) is 0 Å². The number of nitrogens with zero attached hydrogens (tertiary/aromatic N) is 2. The van der Waals surface area contributed by atoms with Crippen LogP contribution >= 0.6 is 0 Å². The number of carbonyl (C=O) groups is 2. The van der Waals surface area contributed by atoms with E-state index >= 15 is 0 Å². The first-order valence-corrected chi connectivity index (χ1v) is 11.0. The lowest BCUT2D eigenvalue weighted by Crippen LogP contribution is -2.58. The van der Waals surface area contributed by atoms with Gasteiger partial charge in [-0.1, -0.05) is 37.3 Å². The molecule has 28 heavy (non-hydrogen) atoms. The second-order valence-electron chi connectivity index (χ2n) is 9.46. The molecular weight excluding hydrogens is 350 g/mol. The van der Waals surface area contributed by atoms with Gasteiger partial charge in [0.2, 0.25) is 11.8 Å². The van der Waals surface area contributed by atoms with Crippen molar-refractivity contribution in [1.29, 1.82) is 0 Å². The smallest absolute Gasteiger partial charge is 0.242 e. The van der Waals surface area contributed by atoms with Crippen LogP contribution in [0.1, 0.15) is 51.0 Å². The third-order valence-electron chi connectivity index (χ3n) is 7.83. The van der Waals surface area contributed by atoms with Crippen LogP contribution in [0.3, 0.4) is 0 Å². The van der Waals surface area contributed by atoms with Gasteiger partial charge in [0.25, 0.3) is 0 Å². The molecule has 1 aromatic rings. The van der Waals surface area contributed by atoms with Gasteiger partial charge in [-0.25, -0.2) is 0 Å². The molecule has 5 heteroatoms. The van der Waals surface area contributed by atoms with E-state index in [0.29, 0.717) is 24.5 Å². The SMILES string of the molecule is C[C@@]12C[C@H]3[C@H](Cc4ccccc4)N[C@@H]1CCC[C@@H]2N3C(=O)CN1CCCC1=O. The standard InChI is InChI=1S/C23H31N3O2/c1-23-14-18-17(13-16-7-3-2-4-8-16)24-19(23)9-5-10-20(23)26(18)22(28)15-25-12-6-11-21(25)27/h2-4,7-8,17-20,24H,5-6,9-15H2,1H3/t17-,18-,19+,20-,23+/m0/s1. The fourth-order valence-electron chi connectivity index (χ4n) is 6.44. The van der Waals surface area contributed by atoms with Gasteiger partial charge < -0.3 is 15.1 Å². The summed E-state index contributed by atoms with van der Waals surface area (Å²) in [6, 6.07) is 11.9. The van der Waals surface area contributed by atoms with Crippen LogP contribution in [0, 0.1) is 5.41 Å². The van der Waals surface area contributed by atoms with Crippen LogP contribution in [0.25, 0.3) is 0 Å². The van der Waals surface area contributed by atoms with E-state index in [1.807, 2.05) is 0 Å². The Hall–Kier alpha value is -1.88. The van der Waals surface area contributed by atoms with E-state index < -0.39 is 0 Å². The van der Waals surface area contributed by atoms with Gasteiger partial charge >= 0.3 is 0 Å². The predicted octanol–water partition coefficient (Wildman–Crippen LogP) is 2.35. The van der Waals surface area contributed by atoms with E-state index in [9.17, 15) is 9.59 Å². The molecule has 3 aliphatic heterocycles. The second-order valence-corrected chi connectivity index (χ2v) is 9.46. The molecule has 2 amide bonds. The van der Waals surface area contributed by atoms with Crippen LogP contribution in [0.4, 0.5) is 0 Å². The first kappa shape index (κ1) is 18.2. The molecule has 0 unspecified atom stereocenters. The number of fused-ring (bicyclic) bond motifs is 1. The highest BCUT2D eigenvalue weighted by atomic mass is 16.2. The molecule has 3 saturated heterocycles. The third-order valence-corrected chi connectivity index (χ3v) is 7.83. The Bertz CT molecular complexity index is 766. The third kappa shape index (κ3) is 2.86. The lowest BCUT2D eigenvalue weighted by Gasteiger charge is -2.46. The number of carbonyl (C=O) groups excluding carboxylic acids is 2. The van der Waals surface area contributed by atoms with Gasteiger partial charge in [0.1, 0.15) is 0 Å². The highest BCUT2D eigenvalue weighted by Gasteiger charge is 2.61. The minimum absolute atomic E-state index is 0.141. The largest absolute Gasteiger partial charge is 0.333 e. The first-order chi connectivity index (χ1) is 13.6. The van der Waals surface area contributed by atoms with E-state index in [2.05, 4.69) is 47.5 Å². The van der Waals surface area contributed by atoms with Gasteiger partial charge in [-0.05, 0) is 44.1 Å². The van der Waals surface area contributed by atoms with Crippen molar-refractivity contribution in [3.63, 3.8) is 0 Å². The molecule has 1 saturated carbocycles. The number of amides is 2. The highest BCUT2D eigenvalue weighted by molar-refractivity contribution is 5.86. The normalized spacial score (nSPS) is 36.8. The van der Waals surface area contributed by atoms with E-state index in [1.165, 1.54) is 18.4 Å². The number of nitrogens with one attached hydrogen (secondary N) is 1. The Labute approximate surface area is 167 Å². The molecule has 150 valence electrons. The maximum absolute atomic E-state index is 13.4. The number of hydrogen-bond acceptors (Lipinski definition) is 3. The topological polar surface area (TPSA) is 52.7 Å².